The number of nitrogens with zero attached hydrogens (tertiary/aromatic N) is 2. The number of aryl methyl sites for hydroxylation is 2. The molecule has 1 fully saturated rings. The standard InChI is InChI=1S/C27H28FN3O2/c1-16-3-7-21-24(30-16)8-10-26-27(21)33-20(15-32-26)13-29-19-6-4-17(11-19)23-14-31(2)25-9-5-18(28)12-22(23)25/h3,5,7-10,12,14,17,19-20,29H,4,6,11,13,15H2,1-2H3/t17-,19+,20+/m1/s1. The summed E-state index contributed by atoms with van der Waals surface area (Å²) in [6.45, 7) is 3.26. The van der Waals surface area contributed by atoms with Gasteiger partial charge in [0, 0.05) is 47.8 Å². The first-order valence-electron chi connectivity index (χ1n) is 11.7. The normalized spacial score (nSPS) is 22.3. The Labute approximate surface area is 192 Å². The predicted molar refractivity (Wildman–Crippen MR) is 128 cm³/mol. The van der Waals surface area contributed by atoms with Gasteiger partial charge in [-0.1, -0.05) is 0 Å². The van der Waals surface area contributed by atoms with Crippen LogP contribution in [-0.2, 0) is 7.05 Å². The first-order valence-corrected chi connectivity index (χ1v) is 11.7. The highest BCUT2D eigenvalue weighted by Crippen LogP contribution is 2.40. The molecule has 3 atom stereocenters. The number of halogens is 1. The Kier molecular flexibility index (Phi) is 4.98. The molecule has 0 bridgehead atoms. The minimum absolute atomic E-state index is 0.0462. The maximum absolute atomic E-state index is 13.9. The summed E-state index contributed by atoms with van der Waals surface area (Å²) in [5, 5.41) is 5.74. The van der Waals surface area contributed by atoms with E-state index in [2.05, 4.69) is 27.1 Å². The van der Waals surface area contributed by atoms with Crippen LogP contribution in [0, 0.1) is 12.7 Å². The number of benzene rings is 2. The number of aromatic nitrogens is 2. The van der Waals surface area contributed by atoms with Gasteiger partial charge >= 0.3 is 0 Å². The van der Waals surface area contributed by atoms with Gasteiger partial charge in [-0.3, -0.25) is 4.98 Å². The summed E-state index contributed by atoms with van der Waals surface area (Å²) in [6.07, 6.45) is 5.38. The van der Waals surface area contributed by atoms with Crippen LogP contribution in [0.5, 0.6) is 11.5 Å². The topological polar surface area (TPSA) is 48.3 Å². The SMILES string of the molecule is Cc1ccc2c3c(ccc2n1)OC[C@H](CN[C@H]1CC[C@@H](c2cn(C)c4ccc(F)cc24)C1)O3. The molecule has 1 saturated carbocycles. The zero-order chi connectivity index (χ0) is 22.5. The van der Waals surface area contributed by atoms with Gasteiger partial charge in [0.1, 0.15) is 18.5 Å². The third kappa shape index (κ3) is 3.72. The highest BCUT2D eigenvalue weighted by Gasteiger charge is 2.30. The van der Waals surface area contributed by atoms with Crippen molar-refractivity contribution in [2.24, 2.45) is 7.05 Å². The van der Waals surface area contributed by atoms with Crippen LogP contribution in [0.25, 0.3) is 21.8 Å². The molecule has 1 aliphatic carbocycles. The number of nitrogens with one attached hydrogen (secondary N) is 1. The van der Waals surface area contributed by atoms with E-state index in [4.69, 9.17) is 9.47 Å². The minimum Gasteiger partial charge on any atom is -0.486 e. The number of hydrogen-bond donors (Lipinski definition) is 1. The monoisotopic (exact) mass is 445 g/mol. The van der Waals surface area contributed by atoms with Gasteiger partial charge in [0.25, 0.3) is 0 Å². The Morgan fingerprint density at radius 1 is 1.12 bits per heavy atom. The number of rotatable bonds is 4. The van der Waals surface area contributed by atoms with E-state index in [1.165, 1.54) is 11.6 Å². The Morgan fingerprint density at radius 2 is 2.03 bits per heavy atom. The van der Waals surface area contributed by atoms with E-state index >= 15 is 0 Å². The molecule has 1 aliphatic heterocycles. The molecule has 33 heavy (non-hydrogen) atoms. The maximum Gasteiger partial charge on any atom is 0.171 e. The van der Waals surface area contributed by atoms with Gasteiger partial charge in [-0.15, -0.1) is 0 Å². The van der Waals surface area contributed by atoms with E-state index in [9.17, 15) is 4.39 Å². The van der Waals surface area contributed by atoms with Crippen LogP contribution in [0.15, 0.2) is 48.7 Å². The zero-order valence-corrected chi connectivity index (χ0v) is 19.0. The smallest absolute Gasteiger partial charge is 0.171 e. The molecule has 0 saturated heterocycles. The number of ether oxygens (including phenoxy) is 2. The average Bonchev–Trinajstić information content (AvgIpc) is 3.41. The fraction of sp³-hybridized carbons (Fsp3) is 0.370. The molecule has 1 N–H and O–H groups in total. The second-order valence-corrected chi connectivity index (χ2v) is 9.43. The summed E-state index contributed by atoms with van der Waals surface area (Å²) in [5.41, 5.74) is 4.26. The lowest BCUT2D eigenvalue weighted by Gasteiger charge is -2.28. The van der Waals surface area contributed by atoms with Crippen LogP contribution in [0.1, 0.15) is 36.4 Å². The molecule has 0 spiro atoms. The van der Waals surface area contributed by atoms with Crippen LogP contribution in [0.4, 0.5) is 4.39 Å². The van der Waals surface area contributed by atoms with Gasteiger partial charge in [0.15, 0.2) is 11.5 Å². The second-order valence-electron chi connectivity index (χ2n) is 9.43. The van der Waals surface area contributed by atoms with Gasteiger partial charge in [0.2, 0.25) is 0 Å². The minimum atomic E-state index is -0.171. The third-order valence-electron chi connectivity index (χ3n) is 7.12. The Hall–Kier alpha value is -3.12. The van der Waals surface area contributed by atoms with Crippen molar-refractivity contribution in [3.05, 3.63) is 65.7 Å². The molecule has 0 unspecified atom stereocenters. The predicted octanol–water partition coefficient (Wildman–Crippen LogP) is 5.24. The summed E-state index contributed by atoms with van der Waals surface area (Å²) in [6, 6.07) is 13.5. The molecular formula is C27H28FN3O2. The van der Waals surface area contributed by atoms with Crippen LogP contribution in [-0.4, -0.2) is 34.8 Å². The maximum atomic E-state index is 13.9. The van der Waals surface area contributed by atoms with Crippen molar-refractivity contribution in [3.8, 4) is 11.5 Å². The van der Waals surface area contributed by atoms with Gasteiger partial charge < -0.3 is 19.4 Å². The average molecular weight is 446 g/mol. The van der Waals surface area contributed by atoms with Crippen molar-refractivity contribution in [3.63, 3.8) is 0 Å². The first-order chi connectivity index (χ1) is 16.0. The van der Waals surface area contributed by atoms with Crippen LogP contribution < -0.4 is 14.8 Å². The van der Waals surface area contributed by atoms with Crippen molar-refractivity contribution < 1.29 is 13.9 Å². The highest BCUT2D eigenvalue weighted by molar-refractivity contribution is 5.88. The summed E-state index contributed by atoms with van der Waals surface area (Å²) >= 11 is 0. The molecule has 0 amide bonds. The van der Waals surface area contributed by atoms with Crippen molar-refractivity contribution in [2.75, 3.05) is 13.2 Å². The van der Waals surface area contributed by atoms with Gasteiger partial charge in [-0.05, 0) is 80.1 Å². The molecular weight excluding hydrogens is 417 g/mol. The van der Waals surface area contributed by atoms with Gasteiger partial charge in [0.05, 0.1) is 5.52 Å². The van der Waals surface area contributed by atoms with E-state index in [-0.39, 0.29) is 11.9 Å². The van der Waals surface area contributed by atoms with Crippen LogP contribution in [0.3, 0.4) is 0 Å². The largest absolute Gasteiger partial charge is 0.486 e. The Bertz CT molecular complexity index is 1350. The molecule has 6 heteroatoms. The van der Waals surface area contributed by atoms with E-state index in [1.54, 1.807) is 6.07 Å². The fourth-order valence-corrected chi connectivity index (χ4v) is 5.45. The van der Waals surface area contributed by atoms with E-state index in [1.807, 2.05) is 38.2 Å². The Balaban J connectivity index is 1.13. The second kappa shape index (κ2) is 8.03. The Morgan fingerprint density at radius 3 is 2.94 bits per heavy atom. The number of hydrogen-bond acceptors (Lipinski definition) is 4. The molecule has 4 aromatic rings. The molecule has 0 radical (unpaired) electrons. The van der Waals surface area contributed by atoms with Crippen molar-refractivity contribution in [1.82, 2.24) is 14.9 Å². The number of fused-ring (bicyclic) bond motifs is 4. The lowest BCUT2D eigenvalue weighted by molar-refractivity contribution is 0.0902. The summed E-state index contributed by atoms with van der Waals surface area (Å²) < 4.78 is 28.4. The van der Waals surface area contributed by atoms with E-state index in [0.29, 0.717) is 18.6 Å². The highest BCUT2D eigenvalue weighted by atomic mass is 19.1. The molecule has 2 aromatic carbocycles. The molecule has 170 valence electrons. The molecule has 5 nitrogen and oxygen atoms in total. The molecule has 3 heterocycles. The van der Waals surface area contributed by atoms with Crippen molar-refractivity contribution in [2.45, 2.75) is 44.2 Å². The fourth-order valence-electron chi connectivity index (χ4n) is 5.45. The van der Waals surface area contributed by atoms with E-state index < -0.39 is 0 Å². The molecule has 6 rings (SSSR count). The van der Waals surface area contributed by atoms with Crippen molar-refractivity contribution in [1.29, 1.82) is 0 Å². The lowest BCUT2D eigenvalue weighted by Crippen LogP contribution is -2.41. The lowest BCUT2D eigenvalue weighted by atomic mass is 9.97. The van der Waals surface area contributed by atoms with Gasteiger partial charge in [-0.2, -0.15) is 0 Å². The number of pyridine rings is 1. The van der Waals surface area contributed by atoms with Crippen molar-refractivity contribution >= 4 is 21.8 Å². The van der Waals surface area contributed by atoms with Crippen LogP contribution in [0.2, 0.25) is 0 Å². The van der Waals surface area contributed by atoms with E-state index in [0.717, 1.165) is 64.8 Å². The van der Waals surface area contributed by atoms with Crippen LogP contribution >= 0.6 is 0 Å². The summed E-state index contributed by atoms with van der Waals surface area (Å²) in [4.78, 5) is 4.61. The zero-order valence-electron chi connectivity index (χ0n) is 19.0. The van der Waals surface area contributed by atoms with Gasteiger partial charge in [-0.25, -0.2) is 4.39 Å². The summed E-state index contributed by atoms with van der Waals surface area (Å²) in [5.74, 6) is 1.85. The molecule has 2 aromatic heterocycles. The summed E-state index contributed by atoms with van der Waals surface area (Å²) in [7, 11) is 2.03. The first kappa shape index (κ1) is 20.5. The quantitative estimate of drug-likeness (QED) is 0.467. The molecule has 2 aliphatic rings. The third-order valence-corrected chi connectivity index (χ3v) is 7.12.